The second-order valence-corrected chi connectivity index (χ2v) is 5.89. The van der Waals surface area contributed by atoms with Crippen molar-refractivity contribution in [3.05, 3.63) is 87.9 Å². The topological polar surface area (TPSA) is 20.2 Å². The molecule has 106 valence electrons. The van der Waals surface area contributed by atoms with Crippen LogP contribution in [0.25, 0.3) is 5.57 Å². The normalized spacial score (nSPS) is 18.1. The molecule has 0 aliphatic heterocycles. The first-order valence-corrected chi connectivity index (χ1v) is 7.56. The fraction of sp³-hybridized carbons (Fsp3) is 0.111. The van der Waals surface area contributed by atoms with Crippen molar-refractivity contribution in [1.29, 1.82) is 0 Å². The van der Waals surface area contributed by atoms with Gasteiger partial charge in [0.25, 0.3) is 0 Å². The van der Waals surface area contributed by atoms with E-state index in [1.54, 1.807) is 18.2 Å². The van der Waals surface area contributed by atoms with E-state index in [-0.39, 0.29) is 17.5 Å². The Morgan fingerprint density at radius 3 is 2.48 bits per heavy atom. The van der Waals surface area contributed by atoms with Crippen LogP contribution in [-0.4, -0.2) is 5.11 Å². The van der Waals surface area contributed by atoms with Gasteiger partial charge in [-0.2, -0.15) is 0 Å². The summed E-state index contributed by atoms with van der Waals surface area (Å²) in [5.74, 6) is 0.00591. The van der Waals surface area contributed by atoms with Crippen molar-refractivity contribution in [2.45, 2.75) is 12.3 Å². The molecule has 3 rings (SSSR count). The minimum absolute atomic E-state index is 0.125. The van der Waals surface area contributed by atoms with Crippen molar-refractivity contribution < 1.29 is 9.50 Å². The molecule has 1 atom stereocenters. The molecule has 1 aliphatic rings. The van der Waals surface area contributed by atoms with Crippen LogP contribution in [0, 0.1) is 5.82 Å². The maximum absolute atomic E-state index is 14.0. The third kappa shape index (κ3) is 2.79. The zero-order valence-electron chi connectivity index (χ0n) is 11.3. The Balaban J connectivity index is 1.96. The average molecular weight is 345 g/mol. The van der Waals surface area contributed by atoms with Gasteiger partial charge in [-0.3, -0.25) is 0 Å². The third-order valence-electron chi connectivity index (χ3n) is 3.68. The molecular formula is C18H14BrFO. The van der Waals surface area contributed by atoms with Gasteiger partial charge in [0.2, 0.25) is 0 Å². The fourth-order valence-corrected chi connectivity index (χ4v) is 3.16. The highest BCUT2D eigenvalue weighted by Gasteiger charge is 2.21. The molecule has 21 heavy (non-hydrogen) atoms. The molecule has 0 spiro atoms. The molecule has 1 nitrogen and oxygen atoms in total. The summed E-state index contributed by atoms with van der Waals surface area (Å²) in [6.07, 6.45) is 4.31. The highest BCUT2D eigenvalue weighted by molar-refractivity contribution is 9.10. The lowest BCUT2D eigenvalue weighted by atomic mass is 9.87. The SMILES string of the molecule is OC1=C(c2c(F)cccc2Br)C=CC(c2ccccc2)C1. The van der Waals surface area contributed by atoms with Crippen LogP contribution < -0.4 is 0 Å². The number of aliphatic hydroxyl groups excluding tert-OH is 1. The summed E-state index contributed by atoms with van der Waals surface area (Å²) in [4.78, 5) is 0. The van der Waals surface area contributed by atoms with Gasteiger partial charge in [0.15, 0.2) is 0 Å². The van der Waals surface area contributed by atoms with Crippen molar-refractivity contribution in [3.63, 3.8) is 0 Å². The number of hydrogen-bond acceptors (Lipinski definition) is 1. The van der Waals surface area contributed by atoms with Crippen molar-refractivity contribution in [1.82, 2.24) is 0 Å². The van der Waals surface area contributed by atoms with Crippen molar-refractivity contribution in [3.8, 4) is 0 Å². The second kappa shape index (κ2) is 5.86. The van der Waals surface area contributed by atoms with Gasteiger partial charge in [-0.05, 0) is 17.7 Å². The van der Waals surface area contributed by atoms with Gasteiger partial charge in [0.1, 0.15) is 11.6 Å². The maximum atomic E-state index is 14.0. The lowest BCUT2D eigenvalue weighted by Gasteiger charge is -2.20. The number of allylic oxidation sites excluding steroid dienone is 4. The summed E-state index contributed by atoms with van der Waals surface area (Å²) < 4.78 is 14.7. The largest absolute Gasteiger partial charge is 0.512 e. The average Bonchev–Trinajstić information content (AvgIpc) is 2.49. The highest BCUT2D eigenvalue weighted by Crippen LogP contribution is 2.37. The van der Waals surface area contributed by atoms with E-state index < -0.39 is 0 Å². The standard InChI is InChI=1S/C18H14BrFO/c19-15-7-4-8-16(20)18(15)14-10-9-13(11-17(14)21)12-5-2-1-3-6-12/h1-10,13,21H,11H2. The Bertz CT molecular complexity index is 699. The molecule has 1 aliphatic carbocycles. The lowest BCUT2D eigenvalue weighted by molar-refractivity contribution is 0.383. The first kappa shape index (κ1) is 14.1. The van der Waals surface area contributed by atoms with Crippen LogP contribution in [0.4, 0.5) is 4.39 Å². The quantitative estimate of drug-likeness (QED) is 0.751. The van der Waals surface area contributed by atoms with Crippen LogP contribution in [0.1, 0.15) is 23.5 Å². The number of benzene rings is 2. The van der Waals surface area contributed by atoms with Gasteiger partial charge in [-0.15, -0.1) is 0 Å². The van der Waals surface area contributed by atoms with E-state index in [0.29, 0.717) is 22.0 Å². The van der Waals surface area contributed by atoms with Gasteiger partial charge in [0.05, 0.1) is 0 Å². The van der Waals surface area contributed by atoms with Crippen LogP contribution in [0.15, 0.2) is 70.9 Å². The summed E-state index contributed by atoms with van der Waals surface area (Å²) in [5, 5.41) is 10.3. The maximum Gasteiger partial charge on any atom is 0.132 e. The van der Waals surface area contributed by atoms with Crippen LogP contribution in [0.5, 0.6) is 0 Å². The van der Waals surface area contributed by atoms with Crippen molar-refractivity contribution in [2.24, 2.45) is 0 Å². The van der Waals surface area contributed by atoms with Gasteiger partial charge in [-0.1, -0.05) is 64.5 Å². The molecule has 0 radical (unpaired) electrons. The molecule has 0 aromatic heterocycles. The summed E-state index contributed by atoms with van der Waals surface area (Å²) in [6.45, 7) is 0. The predicted octanol–water partition coefficient (Wildman–Crippen LogP) is 5.60. The van der Waals surface area contributed by atoms with Crippen LogP contribution >= 0.6 is 15.9 Å². The van der Waals surface area contributed by atoms with E-state index in [2.05, 4.69) is 15.9 Å². The lowest BCUT2D eigenvalue weighted by Crippen LogP contribution is -2.05. The zero-order valence-corrected chi connectivity index (χ0v) is 12.8. The van der Waals surface area contributed by atoms with E-state index in [1.807, 2.05) is 36.4 Å². The number of aliphatic hydroxyl groups is 1. The summed E-state index contributed by atoms with van der Waals surface area (Å²) in [7, 11) is 0. The minimum atomic E-state index is -0.339. The monoisotopic (exact) mass is 344 g/mol. The molecule has 0 heterocycles. The van der Waals surface area contributed by atoms with Crippen LogP contribution in [0.3, 0.4) is 0 Å². The smallest absolute Gasteiger partial charge is 0.132 e. The van der Waals surface area contributed by atoms with E-state index in [0.717, 1.165) is 5.56 Å². The number of hydrogen-bond donors (Lipinski definition) is 1. The number of rotatable bonds is 2. The number of halogens is 2. The fourth-order valence-electron chi connectivity index (χ4n) is 2.61. The minimum Gasteiger partial charge on any atom is -0.512 e. The van der Waals surface area contributed by atoms with Gasteiger partial charge in [-0.25, -0.2) is 4.39 Å². The molecule has 0 saturated carbocycles. The molecule has 0 fully saturated rings. The molecule has 0 bridgehead atoms. The summed E-state index contributed by atoms with van der Waals surface area (Å²) in [6, 6.07) is 14.8. The van der Waals surface area contributed by atoms with Gasteiger partial charge >= 0.3 is 0 Å². The van der Waals surface area contributed by atoms with E-state index in [4.69, 9.17) is 0 Å². The Kier molecular flexibility index (Phi) is 3.93. The first-order valence-electron chi connectivity index (χ1n) is 6.76. The Hall–Kier alpha value is -1.87. The van der Waals surface area contributed by atoms with Crippen LogP contribution in [-0.2, 0) is 0 Å². The molecule has 2 aromatic rings. The van der Waals surface area contributed by atoms with Crippen molar-refractivity contribution in [2.75, 3.05) is 0 Å². The van der Waals surface area contributed by atoms with E-state index in [1.165, 1.54) is 6.07 Å². The van der Waals surface area contributed by atoms with Gasteiger partial charge in [0, 0.05) is 27.9 Å². The van der Waals surface area contributed by atoms with Crippen LogP contribution in [0.2, 0.25) is 0 Å². The molecule has 2 aromatic carbocycles. The third-order valence-corrected chi connectivity index (χ3v) is 4.34. The predicted molar refractivity (Wildman–Crippen MR) is 86.6 cm³/mol. The summed E-state index contributed by atoms with van der Waals surface area (Å²) in [5.41, 5.74) is 2.11. The molecule has 3 heteroatoms. The molecular weight excluding hydrogens is 331 g/mol. The van der Waals surface area contributed by atoms with E-state index in [9.17, 15) is 9.50 Å². The molecule has 0 amide bonds. The van der Waals surface area contributed by atoms with Crippen molar-refractivity contribution >= 4 is 21.5 Å². The Morgan fingerprint density at radius 2 is 1.81 bits per heavy atom. The molecule has 0 saturated heterocycles. The Labute approximate surface area is 131 Å². The zero-order chi connectivity index (χ0) is 14.8. The van der Waals surface area contributed by atoms with E-state index >= 15 is 0 Å². The van der Waals surface area contributed by atoms with Gasteiger partial charge < -0.3 is 5.11 Å². The highest BCUT2D eigenvalue weighted by atomic mass is 79.9. The molecule has 1 unspecified atom stereocenters. The molecule has 1 N–H and O–H groups in total. The Morgan fingerprint density at radius 1 is 1.05 bits per heavy atom. The summed E-state index contributed by atoms with van der Waals surface area (Å²) >= 11 is 3.35. The second-order valence-electron chi connectivity index (χ2n) is 5.04. The first-order chi connectivity index (χ1) is 10.2.